The number of rotatable bonds is 0. The second-order valence-corrected chi connectivity index (χ2v) is 0. The van der Waals surface area contributed by atoms with Crippen molar-refractivity contribution in [2.24, 2.45) is 0 Å². The third-order valence-corrected chi connectivity index (χ3v) is 0. The summed E-state index contributed by atoms with van der Waals surface area (Å²) in [4.78, 5) is 0. The molecule has 0 aromatic rings. The smallest absolute Gasteiger partial charge is 0 e. The average Bonchev–Trinajstić information content (AvgIpc) is 0. The zero-order chi connectivity index (χ0) is 0. The van der Waals surface area contributed by atoms with Gasteiger partial charge in [0.15, 0.2) is 0 Å². The quantitative estimate of drug-likeness (QED) is 0.513. The van der Waals surface area contributed by atoms with E-state index in [2.05, 4.69) is 0 Å². The predicted octanol–water partition coefficient (Wildman–Crippen LogP) is -0.767. The molecular weight excluding hydrogens is 326 g/mol. The maximum Gasteiger partial charge on any atom is 0 e. The van der Waals surface area contributed by atoms with Crippen LogP contribution in [-0.4, -0.2) is 43.5 Å². The van der Waals surface area contributed by atoms with E-state index in [-0.39, 0.29) is 80.0 Å². The molecule has 0 unspecified atom stereocenters. The monoisotopic (exact) mass is 326 g/mol. The summed E-state index contributed by atoms with van der Waals surface area (Å²) in [6.07, 6.45) is 0. The van der Waals surface area contributed by atoms with Gasteiger partial charge >= 0.3 is 0 Å². The summed E-state index contributed by atoms with van der Waals surface area (Å²) in [6.45, 7) is 0. The average molecular weight is 326 g/mol. The van der Waals surface area contributed by atoms with Crippen LogP contribution in [-0.2, 0) is 36.5 Å². The van der Waals surface area contributed by atoms with Gasteiger partial charge in [0.1, 0.15) is 0 Å². The molecule has 0 aromatic carbocycles. The Morgan fingerprint density at radius 3 is 1.00 bits per heavy atom. The van der Waals surface area contributed by atoms with Gasteiger partial charge in [0.25, 0.3) is 0 Å². The Morgan fingerprint density at radius 2 is 1.00 bits per heavy atom. The van der Waals surface area contributed by atoms with E-state index in [4.69, 9.17) is 0 Å². The van der Waals surface area contributed by atoms with Gasteiger partial charge in [-0.15, -0.1) is 0 Å². The molecule has 0 aliphatic rings. The molecule has 0 N–H and O–H groups in total. The van der Waals surface area contributed by atoms with Crippen LogP contribution in [0.3, 0.4) is 0 Å². The van der Waals surface area contributed by atoms with Crippen LogP contribution >= 0.6 is 0 Å². The van der Waals surface area contributed by atoms with Crippen molar-refractivity contribution in [1.82, 2.24) is 0 Å². The Bertz CT molecular complexity index is 8.00. The van der Waals surface area contributed by atoms with Gasteiger partial charge in [-0.05, 0) is 0 Å². The molecule has 0 atom stereocenters. The Hall–Kier alpha value is 2.57. The van der Waals surface area contributed by atoms with E-state index in [0.717, 1.165) is 0 Å². The van der Waals surface area contributed by atoms with Crippen LogP contribution in [0.2, 0.25) is 0 Å². The molecule has 0 rings (SSSR count). The molecule has 0 aromatic heterocycles. The molecule has 0 amide bonds. The van der Waals surface area contributed by atoms with E-state index in [0.29, 0.717) is 0 Å². The normalized spacial score (nSPS) is 0. The predicted molar refractivity (Wildman–Crippen MR) is 11.5 cm³/mol. The van der Waals surface area contributed by atoms with Crippen molar-refractivity contribution >= 4 is 43.5 Å². The fourth-order valence-corrected chi connectivity index (χ4v) is 0. The first-order valence-electron chi connectivity index (χ1n) is 0. The van der Waals surface area contributed by atoms with Crippen molar-refractivity contribution in [1.29, 1.82) is 0 Å². The molecule has 4 heavy (non-hydrogen) atoms. The second kappa shape index (κ2) is 17.6. The van der Waals surface area contributed by atoms with Gasteiger partial charge in [-0.2, -0.15) is 0 Å². The minimum absolute atomic E-state index is 0. The molecule has 0 heterocycles. The molecule has 0 aliphatic heterocycles. The standard InChI is InChI=1S/Cu.Ga.Te.Zn. The van der Waals surface area contributed by atoms with Crippen LogP contribution in [0.15, 0.2) is 0 Å². The molecule has 0 aliphatic carbocycles. The van der Waals surface area contributed by atoms with E-state index in [1.807, 2.05) is 0 Å². The van der Waals surface area contributed by atoms with E-state index in [1.165, 1.54) is 0 Å². The van der Waals surface area contributed by atoms with E-state index < -0.39 is 0 Å². The summed E-state index contributed by atoms with van der Waals surface area (Å²) in [5.41, 5.74) is 0. The molecule has 0 spiro atoms. The zero-order valence-electron chi connectivity index (χ0n) is 1.99. The van der Waals surface area contributed by atoms with E-state index in [1.54, 1.807) is 0 Å². The summed E-state index contributed by atoms with van der Waals surface area (Å²) < 4.78 is 0. The molecule has 0 fully saturated rings. The molecule has 6 radical (unpaired) electrons. The van der Waals surface area contributed by atoms with Gasteiger partial charge in [-0.1, -0.05) is 0 Å². The number of hydrogen-bond acceptors (Lipinski definition) is 0. The van der Waals surface area contributed by atoms with Gasteiger partial charge in [-0.25, -0.2) is 0 Å². The molecular formula is CuGaTeZn. The SMILES string of the molecule is [Cu].[Ga].[Te].[Zn]. The Morgan fingerprint density at radius 1 is 1.00 bits per heavy atom. The summed E-state index contributed by atoms with van der Waals surface area (Å²) in [7, 11) is 0. The fourth-order valence-electron chi connectivity index (χ4n) is 0. The van der Waals surface area contributed by atoms with Crippen LogP contribution in [0.5, 0.6) is 0 Å². The largest absolute Gasteiger partial charge is 0 e. The van der Waals surface area contributed by atoms with E-state index in [9.17, 15) is 0 Å². The maximum absolute atomic E-state index is 0. The van der Waals surface area contributed by atoms with Crippen molar-refractivity contribution in [3.8, 4) is 0 Å². The molecule has 0 bridgehead atoms. The van der Waals surface area contributed by atoms with Gasteiger partial charge in [0, 0.05) is 80.0 Å². The molecule has 0 nitrogen and oxygen atoms in total. The van der Waals surface area contributed by atoms with Crippen LogP contribution < -0.4 is 0 Å². The summed E-state index contributed by atoms with van der Waals surface area (Å²) in [5.74, 6) is 0. The molecule has 22 valence electrons. The third-order valence-electron chi connectivity index (χ3n) is 0. The van der Waals surface area contributed by atoms with Crippen molar-refractivity contribution < 1.29 is 36.5 Å². The van der Waals surface area contributed by atoms with Crippen LogP contribution in [0.4, 0.5) is 0 Å². The minimum Gasteiger partial charge on any atom is 0 e. The molecule has 0 saturated heterocycles. The Balaban J connectivity index is 0. The first kappa shape index (κ1) is 30.9. The third kappa shape index (κ3) is 8.82. The number of hydrogen-bond donors (Lipinski definition) is 0. The van der Waals surface area contributed by atoms with Gasteiger partial charge in [0.05, 0.1) is 0 Å². The molecule has 4 heteroatoms. The van der Waals surface area contributed by atoms with Crippen molar-refractivity contribution in [2.45, 2.75) is 0 Å². The Labute approximate surface area is 78.9 Å². The van der Waals surface area contributed by atoms with Crippen LogP contribution in [0, 0.1) is 0 Å². The first-order valence-corrected chi connectivity index (χ1v) is 0. The Kier molecular flexibility index (Phi) is 136. The van der Waals surface area contributed by atoms with Crippen molar-refractivity contribution in [3.63, 3.8) is 0 Å². The van der Waals surface area contributed by atoms with Gasteiger partial charge in [0.2, 0.25) is 0 Å². The van der Waals surface area contributed by atoms with Gasteiger partial charge < -0.3 is 0 Å². The van der Waals surface area contributed by atoms with Gasteiger partial charge in [-0.3, -0.25) is 0 Å². The zero-order valence-corrected chi connectivity index (χ0v) is 10.7. The van der Waals surface area contributed by atoms with E-state index >= 15 is 0 Å². The van der Waals surface area contributed by atoms with Crippen LogP contribution in [0.1, 0.15) is 0 Å². The minimum atomic E-state index is 0. The fraction of sp³-hybridized carbons (Fsp3) is 0. The first-order chi connectivity index (χ1) is 0. The maximum atomic E-state index is 0. The summed E-state index contributed by atoms with van der Waals surface area (Å²) in [5, 5.41) is 0. The summed E-state index contributed by atoms with van der Waals surface area (Å²) in [6, 6.07) is 0. The van der Waals surface area contributed by atoms with Crippen molar-refractivity contribution in [2.75, 3.05) is 0 Å². The van der Waals surface area contributed by atoms with Crippen LogP contribution in [0.25, 0.3) is 0 Å². The summed E-state index contributed by atoms with van der Waals surface area (Å²) >= 11 is 0. The van der Waals surface area contributed by atoms with Crippen molar-refractivity contribution in [3.05, 3.63) is 0 Å². The second-order valence-electron chi connectivity index (χ2n) is 0. The topological polar surface area (TPSA) is 0 Å². The molecule has 0 saturated carbocycles.